The van der Waals surface area contributed by atoms with Crippen molar-refractivity contribution in [3.8, 4) is 0 Å². The average molecular weight is 306 g/mol. The summed E-state index contributed by atoms with van der Waals surface area (Å²) in [6, 6.07) is 0.779. The molecule has 1 atom stereocenters. The molecule has 116 valence electrons. The third kappa shape index (κ3) is 3.47. The van der Waals surface area contributed by atoms with Crippen LogP contribution in [0.4, 0.5) is 0 Å². The molecular weight excluding hydrogens is 280 g/mol. The average Bonchev–Trinajstić information content (AvgIpc) is 3.02. The van der Waals surface area contributed by atoms with Crippen molar-refractivity contribution >= 4 is 16.3 Å². The number of fused-ring (bicyclic) bond motifs is 1. The predicted octanol–water partition coefficient (Wildman–Crippen LogP) is 3.06. The zero-order valence-corrected chi connectivity index (χ0v) is 14.0. The minimum absolute atomic E-state index is 0.779. The van der Waals surface area contributed by atoms with Gasteiger partial charge in [-0.05, 0) is 52.7 Å². The zero-order valence-electron chi connectivity index (χ0n) is 13.1. The summed E-state index contributed by atoms with van der Waals surface area (Å²) >= 11 is 1.70. The summed E-state index contributed by atoms with van der Waals surface area (Å²) in [5, 5.41) is 5.68. The molecule has 0 amide bonds. The summed E-state index contributed by atoms with van der Waals surface area (Å²) < 4.78 is 2.21. The summed E-state index contributed by atoms with van der Waals surface area (Å²) in [5.74, 6) is 0. The van der Waals surface area contributed by atoms with Crippen LogP contribution in [0.25, 0.3) is 4.96 Å². The van der Waals surface area contributed by atoms with Gasteiger partial charge >= 0.3 is 0 Å². The normalized spacial score (nSPS) is 20.4. The van der Waals surface area contributed by atoms with Crippen molar-refractivity contribution in [1.82, 2.24) is 19.6 Å². The van der Waals surface area contributed by atoms with Gasteiger partial charge in [0.25, 0.3) is 0 Å². The molecule has 0 radical (unpaired) electrons. The van der Waals surface area contributed by atoms with Gasteiger partial charge in [0.05, 0.1) is 11.4 Å². The van der Waals surface area contributed by atoms with Crippen LogP contribution >= 0.6 is 11.3 Å². The van der Waals surface area contributed by atoms with Crippen molar-refractivity contribution in [2.24, 2.45) is 0 Å². The molecule has 1 aliphatic rings. The fraction of sp³-hybridized carbons (Fsp3) is 0.688. The number of aromatic nitrogens is 2. The van der Waals surface area contributed by atoms with Crippen molar-refractivity contribution in [1.29, 1.82) is 0 Å². The second-order valence-corrected chi connectivity index (χ2v) is 6.98. The number of piperidine rings is 1. The van der Waals surface area contributed by atoms with Crippen LogP contribution in [0.3, 0.4) is 0 Å². The molecule has 1 N–H and O–H groups in total. The molecule has 0 aliphatic carbocycles. The first-order valence-electron chi connectivity index (χ1n) is 8.11. The van der Waals surface area contributed by atoms with E-state index in [-0.39, 0.29) is 0 Å². The third-order valence-corrected chi connectivity index (χ3v) is 5.35. The minimum atomic E-state index is 0.779. The molecule has 0 aromatic carbocycles. The number of nitrogens with one attached hydrogen (secondary N) is 1. The lowest BCUT2D eigenvalue weighted by molar-refractivity contribution is 0.159. The molecule has 3 heterocycles. The van der Waals surface area contributed by atoms with Crippen molar-refractivity contribution < 1.29 is 0 Å². The molecule has 21 heavy (non-hydrogen) atoms. The van der Waals surface area contributed by atoms with E-state index in [1.54, 1.807) is 11.3 Å². The van der Waals surface area contributed by atoms with Crippen LogP contribution in [-0.2, 0) is 6.54 Å². The Morgan fingerprint density at radius 3 is 3.19 bits per heavy atom. The SMILES string of the molecule is Cc1nc2sccn2c1CNCCCN1CCCCC1C. The number of imidazole rings is 1. The fourth-order valence-electron chi connectivity index (χ4n) is 3.26. The molecule has 0 bridgehead atoms. The summed E-state index contributed by atoms with van der Waals surface area (Å²) in [5.41, 5.74) is 2.46. The monoisotopic (exact) mass is 306 g/mol. The van der Waals surface area contributed by atoms with E-state index in [1.807, 2.05) is 0 Å². The van der Waals surface area contributed by atoms with Gasteiger partial charge in [-0.25, -0.2) is 4.98 Å². The molecule has 5 heteroatoms. The van der Waals surface area contributed by atoms with Gasteiger partial charge in [0.15, 0.2) is 4.96 Å². The fourth-order valence-corrected chi connectivity index (χ4v) is 4.04. The standard InChI is InChI=1S/C16H26N4S/c1-13-6-3-4-8-19(13)9-5-7-17-12-15-14(2)18-16-20(15)10-11-21-16/h10-11,13,17H,3-9,12H2,1-2H3. The molecule has 2 aromatic heterocycles. The second-order valence-electron chi connectivity index (χ2n) is 6.11. The number of aryl methyl sites for hydroxylation is 1. The van der Waals surface area contributed by atoms with Gasteiger partial charge in [0, 0.05) is 24.2 Å². The first kappa shape index (κ1) is 15.0. The first-order valence-corrected chi connectivity index (χ1v) is 8.99. The lowest BCUT2D eigenvalue weighted by Crippen LogP contribution is -2.38. The smallest absolute Gasteiger partial charge is 0.194 e. The van der Waals surface area contributed by atoms with E-state index in [2.05, 4.69) is 45.0 Å². The molecule has 0 saturated carbocycles. The first-order chi connectivity index (χ1) is 10.3. The van der Waals surface area contributed by atoms with Crippen LogP contribution in [0.5, 0.6) is 0 Å². The van der Waals surface area contributed by atoms with Crippen molar-refractivity contribution in [2.75, 3.05) is 19.6 Å². The van der Waals surface area contributed by atoms with Crippen LogP contribution in [-0.4, -0.2) is 40.0 Å². The Labute approximate surface area is 131 Å². The lowest BCUT2D eigenvalue weighted by Gasteiger charge is -2.33. The van der Waals surface area contributed by atoms with Gasteiger partial charge < -0.3 is 10.2 Å². The number of rotatable bonds is 6. The molecule has 0 spiro atoms. The largest absolute Gasteiger partial charge is 0.311 e. The Kier molecular flexibility index (Phi) is 4.93. The van der Waals surface area contributed by atoms with E-state index in [4.69, 9.17) is 0 Å². The van der Waals surface area contributed by atoms with E-state index in [0.717, 1.165) is 29.8 Å². The highest BCUT2D eigenvalue weighted by molar-refractivity contribution is 7.15. The van der Waals surface area contributed by atoms with Crippen LogP contribution in [0.15, 0.2) is 11.6 Å². The third-order valence-electron chi connectivity index (χ3n) is 4.59. The Hall–Kier alpha value is -0.910. The second kappa shape index (κ2) is 6.90. The van der Waals surface area contributed by atoms with E-state index < -0.39 is 0 Å². The minimum Gasteiger partial charge on any atom is -0.311 e. The number of nitrogens with zero attached hydrogens (tertiary/aromatic N) is 3. The maximum atomic E-state index is 4.59. The Morgan fingerprint density at radius 2 is 2.33 bits per heavy atom. The maximum absolute atomic E-state index is 4.59. The van der Waals surface area contributed by atoms with Crippen LogP contribution in [0.2, 0.25) is 0 Å². The van der Waals surface area contributed by atoms with E-state index in [0.29, 0.717) is 0 Å². The number of likely N-dealkylation sites (tertiary alicyclic amines) is 1. The van der Waals surface area contributed by atoms with Crippen LogP contribution in [0.1, 0.15) is 44.0 Å². The van der Waals surface area contributed by atoms with Gasteiger partial charge in [-0.2, -0.15) is 0 Å². The molecular formula is C16H26N4S. The molecule has 2 aromatic rings. The molecule has 1 saturated heterocycles. The Balaban J connectivity index is 1.42. The summed E-state index contributed by atoms with van der Waals surface area (Å²) in [6.45, 7) is 8.99. The highest BCUT2D eigenvalue weighted by Gasteiger charge is 2.17. The Bertz CT molecular complexity index is 574. The predicted molar refractivity (Wildman–Crippen MR) is 89.0 cm³/mol. The molecule has 1 unspecified atom stereocenters. The quantitative estimate of drug-likeness (QED) is 0.833. The van der Waals surface area contributed by atoms with Crippen LogP contribution < -0.4 is 5.32 Å². The van der Waals surface area contributed by atoms with Gasteiger partial charge in [-0.1, -0.05) is 6.42 Å². The van der Waals surface area contributed by atoms with E-state index in [9.17, 15) is 0 Å². The van der Waals surface area contributed by atoms with Gasteiger partial charge in [0.1, 0.15) is 0 Å². The molecule has 3 rings (SSSR count). The summed E-state index contributed by atoms with van der Waals surface area (Å²) in [4.78, 5) is 8.34. The lowest BCUT2D eigenvalue weighted by atomic mass is 10.0. The van der Waals surface area contributed by atoms with E-state index >= 15 is 0 Å². The highest BCUT2D eigenvalue weighted by atomic mass is 32.1. The summed E-state index contributed by atoms with van der Waals surface area (Å²) in [6.07, 6.45) is 7.51. The van der Waals surface area contributed by atoms with Gasteiger partial charge in [0.2, 0.25) is 0 Å². The van der Waals surface area contributed by atoms with Crippen LogP contribution in [0, 0.1) is 6.92 Å². The van der Waals surface area contributed by atoms with Crippen molar-refractivity contribution in [3.05, 3.63) is 23.0 Å². The molecule has 4 nitrogen and oxygen atoms in total. The molecule has 1 fully saturated rings. The van der Waals surface area contributed by atoms with Gasteiger partial charge in [-0.15, -0.1) is 11.3 Å². The number of hydrogen-bond acceptors (Lipinski definition) is 4. The zero-order chi connectivity index (χ0) is 14.7. The maximum Gasteiger partial charge on any atom is 0.194 e. The summed E-state index contributed by atoms with van der Waals surface area (Å²) in [7, 11) is 0. The number of thiazole rings is 1. The Morgan fingerprint density at radius 1 is 1.43 bits per heavy atom. The molecule has 1 aliphatic heterocycles. The highest BCUT2D eigenvalue weighted by Crippen LogP contribution is 2.17. The van der Waals surface area contributed by atoms with Crippen molar-refractivity contribution in [3.63, 3.8) is 0 Å². The topological polar surface area (TPSA) is 32.6 Å². The number of hydrogen-bond donors (Lipinski definition) is 1. The van der Waals surface area contributed by atoms with Gasteiger partial charge in [-0.3, -0.25) is 4.40 Å². The van der Waals surface area contributed by atoms with Crippen molar-refractivity contribution in [2.45, 2.75) is 52.1 Å². The van der Waals surface area contributed by atoms with E-state index in [1.165, 1.54) is 44.5 Å².